The molecule has 4 aromatic rings. The molecule has 1 aromatic carbocycles. The Morgan fingerprint density at radius 1 is 1.05 bits per heavy atom. The highest BCUT2D eigenvalue weighted by Gasteiger charge is 2.30. The molecule has 11 nitrogen and oxygen atoms in total. The standard InChI is InChI=1S/C29H32N8O3/c30-26-25-24(19-8-10-20(11-9-19)28(39)34-23-7-1-2-12-31-23)35-29(37(25)15-13-32-26)36-14-3-5-21(18-36)27(38)33-17-22-6-4-16-40-22/h1-2,7-13,15,21-22H,3-6,14,16-18H2,(H2,30,32)(H,33,38)(H,31,34,39)/t21?,22-/m0/s1. The molecule has 6 rings (SSSR count). The number of hydrogen-bond donors (Lipinski definition) is 3. The Labute approximate surface area is 231 Å². The van der Waals surface area contributed by atoms with Gasteiger partial charge in [0.25, 0.3) is 5.91 Å². The first-order valence-corrected chi connectivity index (χ1v) is 13.7. The van der Waals surface area contributed by atoms with E-state index in [0.29, 0.717) is 47.4 Å². The minimum absolute atomic E-state index is 0.0574. The molecule has 2 aliphatic heterocycles. The van der Waals surface area contributed by atoms with Crippen molar-refractivity contribution in [3.8, 4) is 11.3 Å². The number of carbonyl (C=O) groups excluding carboxylic acids is 2. The maximum absolute atomic E-state index is 13.0. The van der Waals surface area contributed by atoms with Gasteiger partial charge in [-0.25, -0.2) is 15.0 Å². The number of fused-ring (bicyclic) bond motifs is 1. The van der Waals surface area contributed by atoms with Gasteiger partial charge in [-0.2, -0.15) is 0 Å². The number of aromatic nitrogens is 4. The van der Waals surface area contributed by atoms with Gasteiger partial charge >= 0.3 is 0 Å². The number of nitrogens with two attached hydrogens (primary N) is 1. The Bertz CT molecular complexity index is 1500. The molecular weight excluding hydrogens is 508 g/mol. The Morgan fingerprint density at radius 3 is 2.70 bits per heavy atom. The van der Waals surface area contributed by atoms with E-state index in [0.717, 1.165) is 44.4 Å². The molecule has 5 heterocycles. The van der Waals surface area contributed by atoms with E-state index in [2.05, 4.69) is 25.5 Å². The first-order chi connectivity index (χ1) is 19.6. The van der Waals surface area contributed by atoms with Gasteiger partial charge in [0.15, 0.2) is 0 Å². The van der Waals surface area contributed by atoms with Crippen molar-refractivity contribution in [2.45, 2.75) is 31.8 Å². The van der Waals surface area contributed by atoms with E-state index in [1.165, 1.54) is 0 Å². The highest BCUT2D eigenvalue weighted by Crippen LogP contribution is 2.33. The van der Waals surface area contributed by atoms with Crippen LogP contribution >= 0.6 is 0 Å². The molecule has 3 aromatic heterocycles. The molecule has 2 aliphatic rings. The number of nitrogens with one attached hydrogen (secondary N) is 2. The summed E-state index contributed by atoms with van der Waals surface area (Å²) in [5, 5.41) is 5.88. The van der Waals surface area contributed by atoms with Crippen LogP contribution in [0.3, 0.4) is 0 Å². The minimum atomic E-state index is -0.251. The van der Waals surface area contributed by atoms with Crippen molar-refractivity contribution in [2.75, 3.05) is 42.2 Å². The van der Waals surface area contributed by atoms with Crippen LogP contribution in [0.5, 0.6) is 0 Å². The summed E-state index contributed by atoms with van der Waals surface area (Å²) in [4.78, 5) is 41.3. The van der Waals surface area contributed by atoms with E-state index in [9.17, 15) is 9.59 Å². The predicted octanol–water partition coefficient (Wildman–Crippen LogP) is 3.14. The number of ether oxygens (including phenoxy) is 1. The molecule has 0 radical (unpaired) electrons. The van der Waals surface area contributed by atoms with Crippen LogP contribution in [0.2, 0.25) is 0 Å². The monoisotopic (exact) mass is 540 g/mol. The number of amides is 2. The van der Waals surface area contributed by atoms with E-state index in [4.69, 9.17) is 15.5 Å². The lowest BCUT2D eigenvalue weighted by atomic mass is 9.97. The number of imidazole rings is 1. The third-order valence-corrected chi connectivity index (χ3v) is 7.49. The zero-order valence-corrected chi connectivity index (χ0v) is 22.1. The molecule has 2 saturated heterocycles. The first-order valence-electron chi connectivity index (χ1n) is 13.7. The molecule has 2 amide bonds. The van der Waals surface area contributed by atoms with E-state index < -0.39 is 0 Å². The van der Waals surface area contributed by atoms with Crippen molar-refractivity contribution >= 4 is 34.9 Å². The van der Waals surface area contributed by atoms with Gasteiger partial charge < -0.3 is 26.0 Å². The summed E-state index contributed by atoms with van der Waals surface area (Å²) in [5.41, 5.74) is 9.00. The molecule has 2 fully saturated rings. The van der Waals surface area contributed by atoms with Crippen LogP contribution in [-0.4, -0.2) is 63.5 Å². The molecule has 0 spiro atoms. The van der Waals surface area contributed by atoms with Crippen LogP contribution in [0.1, 0.15) is 36.0 Å². The number of carbonyl (C=O) groups is 2. The topological polar surface area (TPSA) is 140 Å². The summed E-state index contributed by atoms with van der Waals surface area (Å²) < 4.78 is 7.59. The molecular formula is C29H32N8O3. The number of hydrogen-bond acceptors (Lipinski definition) is 8. The number of rotatable bonds is 7. The van der Waals surface area contributed by atoms with E-state index >= 15 is 0 Å². The first kappa shape index (κ1) is 25.8. The molecule has 4 N–H and O–H groups in total. The molecule has 40 heavy (non-hydrogen) atoms. The van der Waals surface area contributed by atoms with Crippen LogP contribution < -0.4 is 21.3 Å². The zero-order chi connectivity index (χ0) is 27.5. The quantitative estimate of drug-likeness (QED) is 0.325. The van der Waals surface area contributed by atoms with Gasteiger partial charge in [0.1, 0.15) is 22.8 Å². The molecule has 206 valence electrons. The second-order valence-corrected chi connectivity index (χ2v) is 10.2. The summed E-state index contributed by atoms with van der Waals surface area (Å²) in [5.74, 6) is 1.23. The van der Waals surface area contributed by atoms with Crippen molar-refractivity contribution in [1.29, 1.82) is 0 Å². The van der Waals surface area contributed by atoms with E-state index in [-0.39, 0.29) is 23.8 Å². The number of nitrogen functional groups attached to an aromatic ring is 1. The van der Waals surface area contributed by atoms with Crippen molar-refractivity contribution in [1.82, 2.24) is 24.7 Å². The average molecular weight is 541 g/mol. The zero-order valence-electron chi connectivity index (χ0n) is 22.1. The number of nitrogens with zero attached hydrogens (tertiary/aromatic N) is 5. The van der Waals surface area contributed by atoms with Crippen LogP contribution in [0, 0.1) is 5.92 Å². The molecule has 11 heteroatoms. The molecule has 2 atom stereocenters. The Morgan fingerprint density at radius 2 is 1.93 bits per heavy atom. The lowest BCUT2D eigenvalue weighted by molar-refractivity contribution is -0.125. The number of piperidine rings is 1. The maximum atomic E-state index is 13.0. The number of pyridine rings is 1. The fourth-order valence-corrected chi connectivity index (χ4v) is 5.41. The minimum Gasteiger partial charge on any atom is -0.382 e. The van der Waals surface area contributed by atoms with Gasteiger partial charge in [-0.15, -0.1) is 0 Å². The van der Waals surface area contributed by atoms with Crippen LogP contribution in [-0.2, 0) is 9.53 Å². The Kier molecular flexibility index (Phi) is 7.28. The van der Waals surface area contributed by atoms with Gasteiger partial charge in [-0.05, 0) is 49.9 Å². The lowest BCUT2D eigenvalue weighted by Crippen LogP contribution is -2.45. The van der Waals surface area contributed by atoms with Gasteiger partial charge in [-0.3, -0.25) is 14.0 Å². The average Bonchev–Trinajstić information content (AvgIpc) is 3.66. The summed E-state index contributed by atoms with van der Waals surface area (Å²) in [7, 11) is 0. The van der Waals surface area contributed by atoms with Crippen molar-refractivity contribution in [3.05, 3.63) is 66.6 Å². The van der Waals surface area contributed by atoms with E-state index in [1.54, 1.807) is 36.7 Å². The van der Waals surface area contributed by atoms with Gasteiger partial charge in [0, 0.05) is 56.0 Å². The molecule has 1 unspecified atom stereocenters. The SMILES string of the molecule is Nc1nccn2c(N3CCCC(C(=O)NC[C@@H]4CCCO4)C3)nc(-c3ccc(C(=O)Nc4ccccn4)cc3)c12. The predicted molar refractivity (Wildman–Crippen MR) is 152 cm³/mol. The fourth-order valence-electron chi connectivity index (χ4n) is 5.41. The summed E-state index contributed by atoms with van der Waals surface area (Å²) in [6, 6.07) is 12.5. The van der Waals surface area contributed by atoms with Crippen LogP contribution in [0.25, 0.3) is 16.8 Å². The molecule has 0 bridgehead atoms. The Hall–Kier alpha value is -4.51. The van der Waals surface area contributed by atoms with Gasteiger partial charge in [-0.1, -0.05) is 18.2 Å². The third kappa shape index (κ3) is 5.32. The summed E-state index contributed by atoms with van der Waals surface area (Å²) >= 11 is 0. The van der Waals surface area contributed by atoms with Crippen molar-refractivity contribution in [2.24, 2.45) is 5.92 Å². The number of benzene rings is 1. The summed E-state index contributed by atoms with van der Waals surface area (Å²) in [6.45, 7) is 2.67. The van der Waals surface area contributed by atoms with Crippen LogP contribution in [0.4, 0.5) is 17.6 Å². The second-order valence-electron chi connectivity index (χ2n) is 10.2. The lowest BCUT2D eigenvalue weighted by Gasteiger charge is -2.32. The number of anilines is 3. The molecule has 0 aliphatic carbocycles. The largest absolute Gasteiger partial charge is 0.382 e. The second kappa shape index (κ2) is 11.3. The third-order valence-electron chi connectivity index (χ3n) is 7.49. The van der Waals surface area contributed by atoms with Gasteiger partial charge in [0.05, 0.1) is 12.0 Å². The van der Waals surface area contributed by atoms with Crippen molar-refractivity contribution in [3.63, 3.8) is 0 Å². The van der Waals surface area contributed by atoms with Crippen LogP contribution in [0.15, 0.2) is 61.1 Å². The highest BCUT2D eigenvalue weighted by molar-refractivity contribution is 6.04. The highest BCUT2D eigenvalue weighted by atomic mass is 16.5. The fraction of sp³-hybridized carbons (Fsp3) is 0.345. The smallest absolute Gasteiger partial charge is 0.256 e. The van der Waals surface area contributed by atoms with Gasteiger partial charge in [0.2, 0.25) is 11.9 Å². The summed E-state index contributed by atoms with van der Waals surface area (Å²) in [6.07, 6.45) is 8.98. The Balaban J connectivity index is 1.23. The van der Waals surface area contributed by atoms with Crippen molar-refractivity contribution < 1.29 is 14.3 Å². The molecule has 0 saturated carbocycles. The van der Waals surface area contributed by atoms with E-state index in [1.807, 2.05) is 28.8 Å². The normalized spacial score (nSPS) is 19.1. The maximum Gasteiger partial charge on any atom is 0.256 e.